The first-order valence-electron chi connectivity index (χ1n) is 13.1. The molecular formula is C31H37NO4S. The number of thioether (sulfide) groups is 1. The van der Waals surface area contributed by atoms with Crippen LogP contribution in [0.3, 0.4) is 0 Å². The number of fused-ring (bicyclic) bond motifs is 1. The first-order valence-corrected chi connectivity index (χ1v) is 14.1. The van der Waals surface area contributed by atoms with Crippen molar-refractivity contribution < 1.29 is 19.4 Å². The molecule has 0 amide bonds. The predicted molar refractivity (Wildman–Crippen MR) is 153 cm³/mol. The number of carboxylic acids is 1. The van der Waals surface area contributed by atoms with E-state index in [9.17, 15) is 4.79 Å². The van der Waals surface area contributed by atoms with Crippen molar-refractivity contribution in [2.24, 2.45) is 10.4 Å². The Balaban J connectivity index is 1.32. The number of rotatable bonds is 10. The van der Waals surface area contributed by atoms with Gasteiger partial charge in [-0.3, -0.25) is 4.99 Å². The van der Waals surface area contributed by atoms with Crippen LogP contribution in [0.4, 0.5) is 0 Å². The molecule has 196 valence electrons. The van der Waals surface area contributed by atoms with Gasteiger partial charge in [0, 0.05) is 23.7 Å². The predicted octanol–water partition coefficient (Wildman–Crippen LogP) is 7.32. The molecule has 4 rings (SSSR count). The Morgan fingerprint density at radius 1 is 1.11 bits per heavy atom. The van der Waals surface area contributed by atoms with E-state index >= 15 is 0 Å². The zero-order valence-corrected chi connectivity index (χ0v) is 23.1. The number of aliphatic imine (C=N–C) groups is 1. The molecule has 0 saturated carbocycles. The Morgan fingerprint density at radius 2 is 1.92 bits per heavy atom. The Kier molecular flexibility index (Phi) is 8.80. The van der Waals surface area contributed by atoms with Crippen LogP contribution < -0.4 is 9.47 Å². The molecule has 37 heavy (non-hydrogen) atoms. The molecule has 0 atom stereocenters. The van der Waals surface area contributed by atoms with Crippen molar-refractivity contribution in [2.45, 2.75) is 59.8 Å². The summed E-state index contributed by atoms with van der Waals surface area (Å²) in [4.78, 5) is 16.0. The first kappa shape index (κ1) is 27.1. The summed E-state index contributed by atoms with van der Waals surface area (Å²) in [5.74, 6) is 1.76. The summed E-state index contributed by atoms with van der Waals surface area (Å²) >= 11 is 1.82. The monoisotopic (exact) mass is 519 g/mol. The molecule has 2 aromatic carbocycles. The van der Waals surface area contributed by atoms with Gasteiger partial charge in [-0.1, -0.05) is 40.2 Å². The summed E-state index contributed by atoms with van der Waals surface area (Å²) in [7, 11) is 0. The molecule has 0 unspecified atom stereocenters. The summed E-state index contributed by atoms with van der Waals surface area (Å²) in [5, 5.41) is 11.2. The number of benzene rings is 2. The lowest BCUT2D eigenvalue weighted by Gasteiger charge is -2.23. The second-order valence-corrected chi connectivity index (χ2v) is 11.4. The summed E-state index contributed by atoms with van der Waals surface area (Å²) in [6, 6.07) is 12.4. The average Bonchev–Trinajstić information content (AvgIpc) is 3.25. The molecule has 2 aliphatic rings. The van der Waals surface area contributed by atoms with E-state index in [1.165, 1.54) is 17.2 Å². The minimum absolute atomic E-state index is 0.0379. The van der Waals surface area contributed by atoms with E-state index in [0.29, 0.717) is 13.2 Å². The standard InChI is InChI=1S/C31H37NO4S/c1-5-7-24-16-23(27-19-37-20-29(32-27)31(2,3)4)10-13-28(24)36-15-6-14-35-25-11-12-26-21(17-25)8-9-22(26)18-30(33)34/h10-13,16-18,20H,5-9,14-15,19H2,1-4H3,(H,33,34)/b22-18+. The van der Waals surface area contributed by atoms with E-state index < -0.39 is 5.97 Å². The average molecular weight is 520 g/mol. The normalized spacial score (nSPS) is 16.3. The third-order valence-corrected chi connectivity index (χ3v) is 7.38. The SMILES string of the molecule is CCCc1cc(C2=NC(C(C)(C)C)=CSC2)ccc1OCCCOc1ccc2c(c1)CC/C2=C\C(=O)O. The molecular weight excluding hydrogens is 482 g/mol. The highest BCUT2D eigenvalue weighted by Crippen LogP contribution is 2.35. The second kappa shape index (κ2) is 12.0. The third kappa shape index (κ3) is 7.07. The zero-order chi connectivity index (χ0) is 26.4. The van der Waals surface area contributed by atoms with Crippen LogP contribution in [0.1, 0.15) is 69.2 Å². The molecule has 2 aromatic rings. The van der Waals surface area contributed by atoms with Gasteiger partial charge in [-0.2, -0.15) is 0 Å². The number of carboxylic acid groups (broad SMARTS) is 1. The summed E-state index contributed by atoms with van der Waals surface area (Å²) in [6.07, 6.45) is 5.72. The Labute approximate surface area is 224 Å². The molecule has 0 saturated heterocycles. The van der Waals surface area contributed by atoms with Gasteiger partial charge in [-0.25, -0.2) is 4.79 Å². The Morgan fingerprint density at radius 3 is 2.68 bits per heavy atom. The fourth-order valence-corrected chi connectivity index (χ4v) is 5.61. The molecule has 6 heteroatoms. The van der Waals surface area contributed by atoms with Crippen molar-refractivity contribution in [3.63, 3.8) is 0 Å². The number of allylic oxidation sites excluding steroid dienone is 2. The lowest BCUT2D eigenvalue weighted by atomic mass is 9.93. The van der Waals surface area contributed by atoms with Crippen LogP contribution in [0.5, 0.6) is 11.5 Å². The fourth-order valence-electron chi connectivity index (χ4n) is 4.57. The maximum Gasteiger partial charge on any atom is 0.328 e. The minimum atomic E-state index is -0.895. The Hall–Kier alpha value is -2.99. The number of aliphatic carboxylic acids is 1. The number of carbonyl (C=O) groups is 1. The van der Waals surface area contributed by atoms with Crippen molar-refractivity contribution in [3.8, 4) is 11.5 Å². The zero-order valence-electron chi connectivity index (χ0n) is 22.3. The van der Waals surface area contributed by atoms with E-state index in [0.717, 1.165) is 77.5 Å². The third-order valence-electron chi connectivity index (χ3n) is 6.55. The molecule has 1 aliphatic heterocycles. The van der Waals surface area contributed by atoms with Gasteiger partial charge < -0.3 is 14.6 Å². The van der Waals surface area contributed by atoms with Crippen molar-refractivity contribution in [3.05, 3.63) is 75.8 Å². The molecule has 0 spiro atoms. The smallest absolute Gasteiger partial charge is 0.328 e. The molecule has 0 aromatic heterocycles. The van der Waals surface area contributed by atoms with E-state index in [4.69, 9.17) is 19.6 Å². The van der Waals surface area contributed by atoms with Crippen LogP contribution in [-0.4, -0.2) is 35.8 Å². The lowest BCUT2D eigenvalue weighted by Crippen LogP contribution is -2.15. The number of ether oxygens (including phenoxy) is 2. The van der Waals surface area contributed by atoms with Gasteiger partial charge in [0.1, 0.15) is 11.5 Å². The van der Waals surface area contributed by atoms with Crippen LogP contribution in [0.15, 0.2) is 58.6 Å². The minimum Gasteiger partial charge on any atom is -0.493 e. The highest BCUT2D eigenvalue weighted by Gasteiger charge is 2.21. The lowest BCUT2D eigenvalue weighted by molar-refractivity contribution is -0.131. The van der Waals surface area contributed by atoms with Gasteiger partial charge in [0.05, 0.1) is 24.6 Å². The van der Waals surface area contributed by atoms with Crippen LogP contribution in [0.2, 0.25) is 0 Å². The van der Waals surface area contributed by atoms with Gasteiger partial charge in [-0.15, -0.1) is 11.8 Å². The van der Waals surface area contributed by atoms with E-state index in [1.807, 2.05) is 30.0 Å². The molecule has 1 heterocycles. The van der Waals surface area contributed by atoms with Crippen molar-refractivity contribution in [1.29, 1.82) is 0 Å². The van der Waals surface area contributed by atoms with Crippen LogP contribution in [0, 0.1) is 5.41 Å². The highest BCUT2D eigenvalue weighted by molar-refractivity contribution is 8.02. The Bertz CT molecular complexity index is 1240. The number of nitrogens with zero attached hydrogens (tertiary/aromatic N) is 1. The van der Waals surface area contributed by atoms with Crippen LogP contribution in [-0.2, 0) is 17.6 Å². The fraction of sp³-hybridized carbons (Fsp3) is 0.419. The van der Waals surface area contributed by atoms with Gasteiger partial charge >= 0.3 is 5.97 Å². The van der Waals surface area contributed by atoms with Gasteiger partial charge in [0.2, 0.25) is 0 Å². The number of hydrogen-bond donors (Lipinski definition) is 1. The van der Waals surface area contributed by atoms with Crippen molar-refractivity contribution in [2.75, 3.05) is 19.0 Å². The van der Waals surface area contributed by atoms with Gasteiger partial charge in [0.25, 0.3) is 0 Å². The molecule has 5 nitrogen and oxygen atoms in total. The molecule has 1 aliphatic carbocycles. The quantitative estimate of drug-likeness (QED) is 0.263. The topological polar surface area (TPSA) is 68.1 Å². The summed E-state index contributed by atoms with van der Waals surface area (Å²) < 4.78 is 12.1. The van der Waals surface area contributed by atoms with Crippen LogP contribution in [0.25, 0.3) is 5.57 Å². The highest BCUT2D eigenvalue weighted by atomic mass is 32.2. The second-order valence-electron chi connectivity index (χ2n) is 10.6. The van der Waals surface area contributed by atoms with E-state index in [-0.39, 0.29) is 5.41 Å². The summed E-state index contributed by atoms with van der Waals surface area (Å²) in [5.41, 5.74) is 7.77. The van der Waals surface area contributed by atoms with E-state index in [1.54, 1.807) is 0 Å². The van der Waals surface area contributed by atoms with E-state index in [2.05, 4.69) is 51.3 Å². The molecule has 0 fully saturated rings. The van der Waals surface area contributed by atoms with Crippen molar-refractivity contribution in [1.82, 2.24) is 0 Å². The van der Waals surface area contributed by atoms with Gasteiger partial charge in [-0.05, 0) is 82.8 Å². The number of aryl methyl sites for hydroxylation is 2. The first-order chi connectivity index (χ1) is 17.7. The maximum absolute atomic E-state index is 11.0. The summed E-state index contributed by atoms with van der Waals surface area (Å²) in [6.45, 7) is 9.95. The van der Waals surface area contributed by atoms with Crippen LogP contribution >= 0.6 is 11.8 Å². The maximum atomic E-state index is 11.0. The molecule has 0 bridgehead atoms. The van der Waals surface area contributed by atoms with Crippen molar-refractivity contribution >= 4 is 29.0 Å². The molecule has 1 N–H and O–H groups in total. The molecule has 0 radical (unpaired) electrons. The van der Waals surface area contributed by atoms with Gasteiger partial charge in [0.15, 0.2) is 0 Å². The largest absolute Gasteiger partial charge is 0.493 e. The number of hydrogen-bond acceptors (Lipinski definition) is 5.